The number of hydrogen-bond donors (Lipinski definition) is 2. The lowest BCUT2D eigenvalue weighted by atomic mass is 10.1. The second-order valence-corrected chi connectivity index (χ2v) is 6.27. The summed E-state index contributed by atoms with van der Waals surface area (Å²) in [6, 6.07) is 7.32. The molecule has 1 aromatic carbocycles. The lowest BCUT2D eigenvalue weighted by Crippen LogP contribution is -2.33. The minimum Gasteiger partial charge on any atom is -0.481 e. The monoisotopic (exact) mass is 315 g/mol. The Balaban J connectivity index is 1.59. The summed E-state index contributed by atoms with van der Waals surface area (Å²) in [5.41, 5.74) is 2.68. The minimum absolute atomic E-state index is 0.0471. The van der Waals surface area contributed by atoms with Gasteiger partial charge in [0, 0.05) is 30.3 Å². The summed E-state index contributed by atoms with van der Waals surface area (Å²) in [6.45, 7) is 2.88. The second kappa shape index (κ2) is 6.40. The van der Waals surface area contributed by atoms with Crippen LogP contribution in [0.3, 0.4) is 0 Å². The molecular formula is C17H21N3O3. The van der Waals surface area contributed by atoms with Crippen LogP contribution in [0, 0.1) is 5.92 Å². The molecule has 1 fully saturated rings. The summed E-state index contributed by atoms with van der Waals surface area (Å²) >= 11 is 0. The number of carbonyl (C=O) groups is 2. The summed E-state index contributed by atoms with van der Waals surface area (Å²) in [6.07, 6.45) is 2.84. The van der Waals surface area contributed by atoms with Gasteiger partial charge in [-0.2, -0.15) is 5.10 Å². The molecule has 0 radical (unpaired) electrons. The largest absolute Gasteiger partial charge is 0.481 e. The molecule has 1 aliphatic carbocycles. The first-order valence-corrected chi connectivity index (χ1v) is 7.98. The van der Waals surface area contributed by atoms with Gasteiger partial charge in [0.1, 0.15) is 0 Å². The minimum atomic E-state index is -0.771. The van der Waals surface area contributed by atoms with Crippen LogP contribution in [-0.4, -0.2) is 35.3 Å². The molecule has 1 aliphatic heterocycles. The molecule has 122 valence electrons. The highest BCUT2D eigenvalue weighted by atomic mass is 16.4. The molecule has 0 spiro atoms. The Kier molecular flexibility index (Phi) is 4.32. The number of aliphatic carboxylic acids is 1. The van der Waals surface area contributed by atoms with Crippen molar-refractivity contribution in [2.75, 3.05) is 11.6 Å². The highest BCUT2D eigenvalue weighted by Gasteiger charge is 2.30. The van der Waals surface area contributed by atoms with Gasteiger partial charge in [-0.05, 0) is 50.5 Å². The zero-order chi connectivity index (χ0) is 16.4. The molecule has 6 heteroatoms. The van der Waals surface area contributed by atoms with Crippen LogP contribution in [0.15, 0.2) is 29.4 Å². The average Bonchev–Trinajstić information content (AvgIpc) is 3.16. The fourth-order valence-electron chi connectivity index (χ4n) is 3.15. The summed E-state index contributed by atoms with van der Waals surface area (Å²) in [4.78, 5) is 23.2. The van der Waals surface area contributed by atoms with Crippen molar-refractivity contribution in [1.82, 2.24) is 5.32 Å². The van der Waals surface area contributed by atoms with E-state index >= 15 is 0 Å². The number of amides is 1. The van der Waals surface area contributed by atoms with E-state index < -0.39 is 5.97 Å². The van der Waals surface area contributed by atoms with Crippen molar-refractivity contribution in [3.05, 3.63) is 29.8 Å². The number of anilines is 1. The van der Waals surface area contributed by atoms with Gasteiger partial charge < -0.3 is 10.4 Å². The maximum Gasteiger partial charge on any atom is 0.306 e. The van der Waals surface area contributed by atoms with Gasteiger partial charge in [-0.15, -0.1) is 0 Å². The fraction of sp³-hybridized carbons (Fsp3) is 0.471. The number of nitrogens with one attached hydrogen (secondary N) is 1. The van der Waals surface area contributed by atoms with Gasteiger partial charge in [0.2, 0.25) is 0 Å². The van der Waals surface area contributed by atoms with Crippen molar-refractivity contribution >= 4 is 23.3 Å². The zero-order valence-corrected chi connectivity index (χ0v) is 13.2. The molecule has 1 saturated carbocycles. The van der Waals surface area contributed by atoms with Crippen LogP contribution < -0.4 is 10.3 Å². The van der Waals surface area contributed by atoms with Crippen molar-refractivity contribution < 1.29 is 14.7 Å². The quantitative estimate of drug-likeness (QED) is 0.893. The number of hydrazone groups is 1. The Hall–Kier alpha value is -2.37. The van der Waals surface area contributed by atoms with Crippen LogP contribution in [0.5, 0.6) is 0 Å². The van der Waals surface area contributed by atoms with E-state index in [1.807, 2.05) is 24.1 Å². The van der Waals surface area contributed by atoms with E-state index in [0.717, 1.165) is 30.8 Å². The van der Waals surface area contributed by atoms with Crippen molar-refractivity contribution in [3.63, 3.8) is 0 Å². The first-order valence-electron chi connectivity index (χ1n) is 7.98. The van der Waals surface area contributed by atoms with Crippen molar-refractivity contribution in [2.45, 2.75) is 38.6 Å². The normalized spacial score (nSPS) is 23.7. The number of nitrogens with zero attached hydrogens (tertiary/aromatic N) is 2. The number of benzene rings is 1. The Morgan fingerprint density at radius 2 is 2.00 bits per heavy atom. The molecule has 6 nitrogen and oxygen atoms in total. The summed E-state index contributed by atoms with van der Waals surface area (Å²) in [7, 11) is 0. The highest BCUT2D eigenvalue weighted by Crippen LogP contribution is 2.26. The molecule has 1 aromatic rings. The fourth-order valence-corrected chi connectivity index (χ4v) is 3.15. The molecule has 1 amide bonds. The Labute approximate surface area is 135 Å². The molecule has 2 aliphatic rings. The molecule has 0 aromatic heterocycles. The topological polar surface area (TPSA) is 82.0 Å². The summed E-state index contributed by atoms with van der Waals surface area (Å²) < 4.78 is 0. The van der Waals surface area contributed by atoms with Gasteiger partial charge in [-0.1, -0.05) is 0 Å². The molecule has 3 rings (SSSR count). The molecule has 2 atom stereocenters. The molecular weight excluding hydrogens is 294 g/mol. The molecule has 2 N–H and O–H groups in total. The molecule has 0 unspecified atom stereocenters. The molecule has 0 bridgehead atoms. The third kappa shape index (κ3) is 3.52. The maximum atomic E-state index is 12.3. The summed E-state index contributed by atoms with van der Waals surface area (Å²) in [5.74, 6) is -1.25. The van der Waals surface area contributed by atoms with Crippen LogP contribution in [0.2, 0.25) is 0 Å². The second-order valence-electron chi connectivity index (χ2n) is 6.27. The summed E-state index contributed by atoms with van der Waals surface area (Å²) in [5, 5.41) is 18.3. The average molecular weight is 315 g/mol. The number of carboxylic acids is 1. The predicted octanol–water partition coefficient (Wildman–Crippen LogP) is 2.26. The van der Waals surface area contributed by atoms with E-state index in [0.29, 0.717) is 18.4 Å². The number of carboxylic acid groups (broad SMARTS) is 1. The van der Waals surface area contributed by atoms with Crippen LogP contribution in [0.1, 0.15) is 43.0 Å². The van der Waals surface area contributed by atoms with Crippen LogP contribution in [0.4, 0.5) is 5.69 Å². The Morgan fingerprint density at radius 3 is 2.57 bits per heavy atom. The van der Waals surface area contributed by atoms with Crippen molar-refractivity contribution in [1.29, 1.82) is 0 Å². The maximum absolute atomic E-state index is 12.3. The third-order valence-electron chi connectivity index (χ3n) is 4.52. The first kappa shape index (κ1) is 15.5. The first-order chi connectivity index (χ1) is 11.0. The van der Waals surface area contributed by atoms with Gasteiger partial charge in [-0.25, -0.2) is 0 Å². The molecule has 0 saturated heterocycles. The number of carbonyl (C=O) groups excluding carboxylic acids is 1. The lowest BCUT2D eigenvalue weighted by molar-refractivity contribution is -0.141. The zero-order valence-electron chi connectivity index (χ0n) is 13.2. The van der Waals surface area contributed by atoms with E-state index in [1.165, 1.54) is 0 Å². The van der Waals surface area contributed by atoms with Crippen LogP contribution in [-0.2, 0) is 4.79 Å². The van der Waals surface area contributed by atoms with Crippen LogP contribution in [0.25, 0.3) is 0 Å². The Bertz CT molecular complexity index is 639. The standard InChI is InChI=1S/C17H21N3O3/c1-11-8-9-20(19-11)15-6-3-12(4-7-15)16(21)18-14-5-2-13(10-14)17(22)23/h3-4,6-7,13-14H,2,5,8-10H2,1H3,(H,18,21)(H,22,23)/t13-,14+/m1/s1. The number of hydrogen-bond acceptors (Lipinski definition) is 4. The molecule has 23 heavy (non-hydrogen) atoms. The van der Waals surface area contributed by atoms with E-state index in [-0.39, 0.29) is 17.9 Å². The van der Waals surface area contributed by atoms with Gasteiger partial charge in [0.25, 0.3) is 5.91 Å². The SMILES string of the molecule is CC1=NN(c2ccc(C(=O)N[C@H]3CC[C@@H](C(=O)O)C3)cc2)CC1. The van der Waals surface area contributed by atoms with E-state index in [4.69, 9.17) is 5.11 Å². The van der Waals surface area contributed by atoms with Gasteiger partial charge in [0.15, 0.2) is 0 Å². The van der Waals surface area contributed by atoms with Gasteiger partial charge >= 0.3 is 5.97 Å². The van der Waals surface area contributed by atoms with Crippen molar-refractivity contribution in [3.8, 4) is 0 Å². The third-order valence-corrected chi connectivity index (χ3v) is 4.52. The lowest BCUT2D eigenvalue weighted by Gasteiger charge is -2.15. The van der Waals surface area contributed by atoms with Crippen molar-refractivity contribution in [2.24, 2.45) is 11.0 Å². The highest BCUT2D eigenvalue weighted by molar-refractivity contribution is 5.95. The molecule has 1 heterocycles. The van der Waals surface area contributed by atoms with Crippen LogP contribution >= 0.6 is 0 Å². The van der Waals surface area contributed by atoms with E-state index in [1.54, 1.807) is 12.1 Å². The Morgan fingerprint density at radius 1 is 1.26 bits per heavy atom. The van der Waals surface area contributed by atoms with Gasteiger partial charge in [0.05, 0.1) is 11.6 Å². The van der Waals surface area contributed by atoms with E-state index in [9.17, 15) is 9.59 Å². The number of rotatable bonds is 4. The van der Waals surface area contributed by atoms with Gasteiger partial charge in [-0.3, -0.25) is 14.6 Å². The smallest absolute Gasteiger partial charge is 0.306 e. The predicted molar refractivity (Wildman–Crippen MR) is 87.7 cm³/mol. The van der Waals surface area contributed by atoms with E-state index in [2.05, 4.69) is 10.4 Å².